The lowest BCUT2D eigenvalue weighted by atomic mass is 9.78. The summed E-state index contributed by atoms with van der Waals surface area (Å²) in [6.07, 6.45) is 5.77. The molecule has 1 saturated carbocycles. The highest BCUT2D eigenvalue weighted by atomic mass is 16.3. The zero-order chi connectivity index (χ0) is 11.7. The largest absolute Gasteiger partial charge is 0.392 e. The Morgan fingerprint density at radius 2 is 1.82 bits per heavy atom. The molecule has 2 nitrogen and oxygen atoms in total. The van der Waals surface area contributed by atoms with Gasteiger partial charge in [0.25, 0.3) is 0 Å². The van der Waals surface area contributed by atoms with Gasteiger partial charge in [-0.2, -0.15) is 0 Å². The van der Waals surface area contributed by atoms with E-state index in [4.69, 9.17) is 5.11 Å². The van der Waals surface area contributed by atoms with Gasteiger partial charge in [-0.05, 0) is 29.4 Å². The second-order valence-corrected chi connectivity index (χ2v) is 5.83. The molecular formula is C15H21NO. The van der Waals surface area contributed by atoms with Crippen LogP contribution in [0.15, 0.2) is 24.3 Å². The van der Waals surface area contributed by atoms with Gasteiger partial charge in [0.1, 0.15) is 0 Å². The molecule has 0 radical (unpaired) electrons. The van der Waals surface area contributed by atoms with E-state index in [1.807, 2.05) is 12.1 Å². The van der Waals surface area contributed by atoms with E-state index < -0.39 is 0 Å². The van der Waals surface area contributed by atoms with E-state index in [1.54, 1.807) is 0 Å². The predicted octanol–water partition coefficient (Wildman–Crippen LogP) is 2.55. The molecule has 1 N–H and O–H groups in total. The molecule has 0 aromatic heterocycles. The van der Waals surface area contributed by atoms with Crippen LogP contribution in [0.5, 0.6) is 0 Å². The second kappa shape index (κ2) is 4.43. The van der Waals surface area contributed by atoms with Gasteiger partial charge < -0.3 is 5.11 Å². The smallest absolute Gasteiger partial charge is 0.0681 e. The average molecular weight is 231 g/mol. The maximum atomic E-state index is 9.12. The first-order valence-corrected chi connectivity index (χ1v) is 6.71. The predicted molar refractivity (Wildman–Crippen MR) is 68.5 cm³/mol. The average Bonchev–Trinajstić information content (AvgIpc) is 2.78. The van der Waals surface area contributed by atoms with Gasteiger partial charge in [-0.3, -0.25) is 4.90 Å². The van der Waals surface area contributed by atoms with E-state index in [9.17, 15) is 0 Å². The second-order valence-electron chi connectivity index (χ2n) is 5.83. The first-order valence-electron chi connectivity index (χ1n) is 6.71. The molecule has 1 aliphatic carbocycles. The number of likely N-dealkylation sites (tertiary alicyclic amines) is 1. The molecule has 0 atom stereocenters. The van der Waals surface area contributed by atoms with Crippen molar-refractivity contribution in [2.75, 3.05) is 13.1 Å². The highest BCUT2D eigenvalue weighted by molar-refractivity contribution is 5.23. The third-order valence-electron chi connectivity index (χ3n) is 4.36. The van der Waals surface area contributed by atoms with Gasteiger partial charge in [0.2, 0.25) is 0 Å². The molecule has 2 aliphatic rings. The fourth-order valence-electron chi connectivity index (χ4n) is 3.54. The van der Waals surface area contributed by atoms with Gasteiger partial charge in [-0.1, -0.05) is 37.1 Å². The molecule has 0 bridgehead atoms. The van der Waals surface area contributed by atoms with Crippen LogP contribution in [0.3, 0.4) is 0 Å². The van der Waals surface area contributed by atoms with Crippen molar-refractivity contribution >= 4 is 0 Å². The van der Waals surface area contributed by atoms with Crippen LogP contribution in [0.25, 0.3) is 0 Å². The van der Waals surface area contributed by atoms with Gasteiger partial charge in [-0.15, -0.1) is 0 Å². The fourth-order valence-corrected chi connectivity index (χ4v) is 3.54. The van der Waals surface area contributed by atoms with Crippen molar-refractivity contribution in [3.63, 3.8) is 0 Å². The summed E-state index contributed by atoms with van der Waals surface area (Å²) in [4.78, 5) is 2.54. The maximum Gasteiger partial charge on any atom is 0.0681 e. The number of nitrogens with zero attached hydrogens (tertiary/aromatic N) is 1. The van der Waals surface area contributed by atoms with Crippen molar-refractivity contribution in [1.29, 1.82) is 0 Å². The Bertz CT molecular complexity index is 388. The van der Waals surface area contributed by atoms with E-state index >= 15 is 0 Å². The van der Waals surface area contributed by atoms with Crippen molar-refractivity contribution < 1.29 is 5.11 Å². The fraction of sp³-hybridized carbons (Fsp3) is 0.600. The molecule has 2 fully saturated rings. The minimum absolute atomic E-state index is 0.151. The summed E-state index contributed by atoms with van der Waals surface area (Å²) in [5.74, 6) is 0. The van der Waals surface area contributed by atoms with Gasteiger partial charge in [-0.25, -0.2) is 0 Å². The van der Waals surface area contributed by atoms with E-state index in [0.29, 0.717) is 5.41 Å². The van der Waals surface area contributed by atoms with Crippen molar-refractivity contribution in [1.82, 2.24) is 4.90 Å². The monoisotopic (exact) mass is 231 g/mol. The molecule has 2 heteroatoms. The van der Waals surface area contributed by atoms with Crippen molar-refractivity contribution in [3.05, 3.63) is 35.4 Å². The lowest BCUT2D eigenvalue weighted by molar-refractivity contribution is -0.000275. The zero-order valence-electron chi connectivity index (χ0n) is 10.4. The van der Waals surface area contributed by atoms with Crippen LogP contribution in [0.4, 0.5) is 0 Å². The molecule has 92 valence electrons. The van der Waals surface area contributed by atoms with Crippen LogP contribution in [0.2, 0.25) is 0 Å². The molecular weight excluding hydrogens is 210 g/mol. The van der Waals surface area contributed by atoms with Crippen LogP contribution in [-0.2, 0) is 13.2 Å². The lowest BCUT2D eigenvalue weighted by Gasteiger charge is -2.48. The summed E-state index contributed by atoms with van der Waals surface area (Å²) in [7, 11) is 0. The summed E-state index contributed by atoms with van der Waals surface area (Å²) in [6.45, 7) is 3.78. The molecule has 1 aromatic carbocycles. The Kier molecular flexibility index (Phi) is 2.93. The van der Waals surface area contributed by atoms with Gasteiger partial charge in [0.15, 0.2) is 0 Å². The van der Waals surface area contributed by atoms with E-state index in [0.717, 1.165) is 12.1 Å². The third-order valence-corrected chi connectivity index (χ3v) is 4.36. The van der Waals surface area contributed by atoms with Crippen LogP contribution >= 0.6 is 0 Å². The summed E-state index contributed by atoms with van der Waals surface area (Å²) in [5, 5.41) is 9.12. The Hall–Kier alpha value is -0.860. The van der Waals surface area contributed by atoms with Crippen LogP contribution in [-0.4, -0.2) is 23.1 Å². The van der Waals surface area contributed by atoms with Gasteiger partial charge in [0, 0.05) is 19.6 Å². The Labute approximate surface area is 103 Å². The summed E-state index contributed by atoms with van der Waals surface area (Å²) in [6, 6.07) is 8.32. The Morgan fingerprint density at radius 1 is 1.12 bits per heavy atom. The zero-order valence-corrected chi connectivity index (χ0v) is 10.4. The van der Waals surface area contributed by atoms with E-state index in [1.165, 1.54) is 44.3 Å². The van der Waals surface area contributed by atoms with E-state index in [2.05, 4.69) is 17.0 Å². The van der Waals surface area contributed by atoms with Crippen molar-refractivity contribution in [3.8, 4) is 0 Å². The first-order chi connectivity index (χ1) is 8.30. The van der Waals surface area contributed by atoms with Crippen LogP contribution in [0.1, 0.15) is 36.8 Å². The highest BCUT2D eigenvalue weighted by Crippen LogP contribution is 2.45. The molecule has 1 spiro atoms. The number of aliphatic hydroxyl groups excluding tert-OH is 1. The Morgan fingerprint density at radius 3 is 2.53 bits per heavy atom. The number of hydrogen-bond donors (Lipinski definition) is 1. The molecule has 0 amide bonds. The number of benzene rings is 1. The van der Waals surface area contributed by atoms with Crippen LogP contribution < -0.4 is 0 Å². The minimum Gasteiger partial charge on any atom is -0.392 e. The van der Waals surface area contributed by atoms with Crippen LogP contribution in [0, 0.1) is 5.41 Å². The summed E-state index contributed by atoms with van der Waals surface area (Å²) >= 11 is 0. The quantitative estimate of drug-likeness (QED) is 0.864. The SMILES string of the molecule is OCc1cccc(CN2CC3(CCCC3)C2)c1. The first kappa shape index (κ1) is 11.2. The third kappa shape index (κ3) is 2.24. The minimum atomic E-state index is 0.151. The molecule has 1 aromatic rings. The standard InChI is InChI=1S/C15H21NO/c17-10-14-5-3-4-13(8-14)9-16-11-15(12-16)6-1-2-7-15/h3-5,8,17H,1-2,6-7,9-12H2. The molecule has 0 unspecified atom stereocenters. The molecule has 1 aliphatic heterocycles. The van der Waals surface area contributed by atoms with E-state index in [-0.39, 0.29) is 6.61 Å². The molecule has 1 saturated heterocycles. The number of aliphatic hydroxyl groups is 1. The van der Waals surface area contributed by atoms with Gasteiger partial charge >= 0.3 is 0 Å². The molecule has 3 rings (SSSR count). The Balaban J connectivity index is 1.57. The normalized spacial score (nSPS) is 22.9. The molecule has 1 heterocycles. The van der Waals surface area contributed by atoms with Crippen molar-refractivity contribution in [2.24, 2.45) is 5.41 Å². The topological polar surface area (TPSA) is 23.5 Å². The lowest BCUT2D eigenvalue weighted by Crippen LogP contribution is -2.54. The number of rotatable bonds is 3. The van der Waals surface area contributed by atoms with Crippen molar-refractivity contribution in [2.45, 2.75) is 38.8 Å². The summed E-state index contributed by atoms with van der Waals surface area (Å²) in [5.41, 5.74) is 3.05. The van der Waals surface area contributed by atoms with Gasteiger partial charge in [0.05, 0.1) is 6.61 Å². The highest BCUT2D eigenvalue weighted by Gasteiger charge is 2.44. The maximum absolute atomic E-state index is 9.12. The summed E-state index contributed by atoms with van der Waals surface area (Å²) < 4.78 is 0. The number of hydrogen-bond acceptors (Lipinski definition) is 2. The molecule has 17 heavy (non-hydrogen) atoms.